The van der Waals surface area contributed by atoms with E-state index >= 15 is 0 Å². The maximum atomic E-state index is 5.81. The second-order valence-electron chi connectivity index (χ2n) is 4.56. The summed E-state index contributed by atoms with van der Waals surface area (Å²) in [6.07, 6.45) is 2.56. The van der Waals surface area contributed by atoms with E-state index in [0.717, 1.165) is 12.5 Å². The first-order chi connectivity index (χ1) is 7.03. The van der Waals surface area contributed by atoms with Crippen LogP contribution in [0.3, 0.4) is 0 Å². The molecule has 15 heavy (non-hydrogen) atoms. The Hall–Kier alpha value is -0.120. The summed E-state index contributed by atoms with van der Waals surface area (Å²) in [5, 5.41) is 3.55. The van der Waals surface area contributed by atoms with Gasteiger partial charge in [-0.3, -0.25) is 0 Å². The minimum atomic E-state index is -0.114. The van der Waals surface area contributed by atoms with Crippen molar-refractivity contribution in [2.24, 2.45) is 11.7 Å². The highest BCUT2D eigenvalue weighted by molar-refractivity contribution is 4.90. The van der Waals surface area contributed by atoms with Crippen LogP contribution in [-0.4, -0.2) is 31.8 Å². The van der Waals surface area contributed by atoms with Gasteiger partial charge in [-0.15, -0.1) is 0 Å². The first kappa shape index (κ1) is 14.9. The van der Waals surface area contributed by atoms with Gasteiger partial charge in [0.25, 0.3) is 0 Å². The van der Waals surface area contributed by atoms with Crippen molar-refractivity contribution in [1.82, 2.24) is 5.32 Å². The van der Waals surface area contributed by atoms with E-state index in [1.54, 1.807) is 7.11 Å². The van der Waals surface area contributed by atoms with E-state index in [2.05, 4.69) is 33.0 Å². The SMILES string of the molecule is CCC(CC)CNC(C)(CN)C(C)OC. The molecular formula is C12H28N2O. The lowest BCUT2D eigenvalue weighted by Crippen LogP contribution is -2.57. The first-order valence-electron chi connectivity index (χ1n) is 6.01. The molecule has 3 heteroatoms. The van der Waals surface area contributed by atoms with Crippen molar-refractivity contribution in [2.75, 3.05) is 20.2 Å². The minimum absolute atomic E-state index is 0.114. The molecule has 0 spiro atoms. The molecule has 3 N–H and O–H groups in total. The molecule has 0 aliphatic rings. The Morgan fingerprint density at radius 2 is 1.87 bits per heavy atom. The number of rotatable bonds is 8. The van der Waals surface area contributed by atoms with E-state index in [9.17, 15) is 0 Å². The summed E-state index contributed by atoms with van der Waals surface area (Å²) in [6, 6.07) is 0. The zero-order valence-corrected chi connectivity index (χ0v) is 11.0. The van der Waals surface area contributed by atoms with Gasteiger partial charge in [0.15, 0.2) is 0 Å². The van der Waals surface area contributed by atoms with Crippen molar-refractivity contribution in [1.29, 1.82) is 0 Å². The van der Waals surface area contributed by atoms with Crippen molar-refractivity contribution in [3.8, 4) is 0 Å². The van der Waals surface area contributed by atoms with Crippen molar-refractivity contribution < 1.29 is 4.74 Å². The fraction of sp³-hybridized carbons (Fsp3) is 1.00. The average molecular weight is 216 g/mol. The van der Waals surface area contributed by atoms with E-state index in [-0.39, 0.29) is 11.6 Å². The molecule has 0 aromatic rings. The molecule has 0 radical (unpaired) electrons. The van der Waals surface area contributed by atoms with Gasteiger partial charge in [-0.2, -0.15) is 0 Å². The number of nitrogens with two attached hydrogens (primary N) is 1. The van der Waals surface area contributed by atoms with Crippen LogP contribution in [0.25, 0.3) is 0 Å². The fourth-order valence-corrected chi connectivity index (χ4v) is 1.60. The molecule has 0 aliphatic heterocycles. The Morgan fingerprint density at radius 3 is 2.20 bits per heavy atom. The molecule has 0 heterocycles. The van der Waals surface area contributed by atoms with Crippen LogP contribution in [0.5, 0.6) is 0 Å². The van der Waals surface area contributed by atoms with E-state index in [4.69, 9.17) is 10.5 Å². The summed E-state index contributed by atoms with van der Waals surface area (Å²) in [6.45, 7) is 10.3. The van der Waals surface area contributed by atoms with Gasteiger partial charge in [-0.25, -0.2) is 0 Å². The molecule has 92 valence electrons. The molecule has 0 fully saturated rings. The summed E-state index contributed by atoms with van der Waals surface area (Å²) in [4.78, 5) is 0. The van der Waals surface area contributed by atoms with Crippen LogP contribution in [0.2, 0.25) is 0 Å². The number of hydrogen-bond acceptors (Lipinski definition) is 3. The van der Waals surface area contributed by atoms with E-state index in [1.165, 1.54) is 12.8 Å². The molecule has 0 saturated heterocycles. The van der Waals surface area contributed by atoms with Crippen LogP contribution in [-0.2, 0) is 4.74 Å². The first-order valence-corrected chi connectivity index (χ1v) is 6.01. The van der Waals surface area contributed by atoms with Gasteiger partial charge in [-0.1, -0.05) is 26.7 Å². The molecule has 0 saturated carbocycles. The molecule has 3 nitrogen and oxygen atoms in total. The molecular weight excluding hydrogens is 188 g/mol. The predicted octanol–water partition coefficient (Wildman–Crippen LogP) is 1.76. The topological polar surface area (TPSA) is 47.3 Å². The molecule has 0 bridgehead atoms. The summed E-state index contributed by atoms with van der Waals surface area (Å²) in [5.74, 6) is 0.736. The van der Waals surface area contributed by atoms with Gasteiger partial charge >= 0.3 is 0 Å². The van der Waals surface area contributed by atoms with Crippen LogP contribution in [0, 0.1) is 5.92 Å². The summed E-state index contributed by atoms with van der Waals surface area (Å²) < 4.78 is 5.36. The van der Waals surface area contributed by atoms with Gasteiger partial charge in [0, 0.05) is 13.7 Å². The highest BCUT2D eigenvalue weighted by Crippen LogP contribution is 2.13. The summed E-state index contributed by atoms with van der Waals surface area (Å²) >= 11 is 0. The second-order valence-corrected chi connectivity index (χ2v) is 4.56. The van der Waals surface area contributed by atoms with Crippen LogP contribution in [0.4, 0.5) is 0 Å². The lowest BCUT2D eigenvalue weighted by atomic mass is 9.94. The summed E-state index contributed by atoms with van der Waals surface area (Å²) in [7, 11) is 1.73. The number of ether oxygens (including phenoxy) is 1. The quantitative estimate of drug-likeness (QED) is 0.650. The predicted molar refractivity (Wildman–Crippen MR) is 66.0 cm³/mol. The molecule has 0 aromatic heterocycles. The Kier molecular flexibility index (Phi) is 7.14. The monoisotopic (exact) mass is 216 g/mol. The average Bonchev–Trinajstić information content (AvgIpc) is 2.28. The standard InChI is InChI=1S/C12H28N2O/c1-6-11(7-2)8-14-12(4,9-13)10(3)15-5/h10-11,14H,6-9,13H2,1-5H3. The van der Waals surface area contributed by atoms with Crippen LogP contribution in [0.1, 0.15) is 40.5 Å². The lowest BCUT2D eigenvalue weighted by Gasteiger charge is -2.36. The summed E-state index contributed by atoms with van der Waals surface area (Å²) in [5.41, 5.74) is 5.70. The van der Waals surface area contributed by atoms with Gasteiger partial charge < -0.3 is 15.8 Å². The second kappa shape index (κ2) is 7.20. The Balaban J connectivity index is 4.19. The van der Waals surface area contributed by atoms with Crippen molar-refractivity contribution in [3.63, 3.8) is 0 Å². The molecule has 0 rings (SSSR count). The number of hydrogen-bond donors (Lipinski definition) is 2. The Labute approximate surface area is 94.8 Å². The third-order valence-corrected chi connectivity index (χ3v) is 3.62. The van der Waals surface area contributed by atoms with Crippen molar-refractivity contribution >= 4 is 0 Å². The van der Waals surface area contributed by atoms with Gasteiger partial charge in [0.1, 0.15) is 0 Å². The normalized spacial score (nSPS) is 17.8. The van der Waals surface area contributed by atoms with Crippen molar-refractivity contribution in [2.45, 2.75) is 52.2 Å². The largest absolute Gasteiger partial charge is 0.380 e. The highest BCUT2D eigenvalue weighted by atomic mass is 16.5. The van der Waals surface area contributed by atoms with E-state index < -0.39 is 0 Å². The minimum Gasteiger partial charge on any atom is -0.380 e. The molecule has 0 aliphatic carbocycles. The Bertz CT molecular complexity index is 160. The van der Waals surface area contributed by atoms with E-state index in [1.807, 2.05) is 0 Å². The van der Waals surface area contributed by atoms with Gasteiger partial charge in [0.2, 0.25) is 0 Å². The zero-order valence-electron chi connectivity index (χ0n) is 11.0. The maximum absolute atomic E-state index is 5.81. The third-order valence-electron chi connectivity index (χ3n) is 3.62. The molecule has 0 amide bonds. The van der Waals surface area contributed by atoms with Crippen molar-refractivity contribution in [3.05, 3.63) is 0 Å². The van der Waals surface area contributed by atoms with Crippen LogP contribution in [0.15, 0.2) is 0 Å². The number of nitrogens with one attached hydrogen (secondary N) is 1. The molecule has 2 atom stereocenters. The smallest absolute Gasteiger partial charge is 0.0734 e. The van der Waals surface area contributed by atoms with Gasteiger partial charge in [0.05, 0.1) is 11.6 Å². The maximum Gasteiger partial charge on any atom is 0.0734 e. The molecule has 2 unspecified atom stereocenters. The van der Waals surface area contributed by atoms with Gasteiger partial charge in [-0.05, 0) is 26.3 Å². The number of methoxy groups -OCH3 is 1. The molecule has 0 aromatic carbocycles. The highest BCUT2D eigenvalue weighted by Gasteiger charge is 2.29. The fourth-order valence-electron chi connectivity index (χ4n) is 1.60. The van der Waals surface area contributed by atoms with E-state index in [0.29, 0.717) is 6.54 Å². The van der Waals surface area contributed by atoms with Crippen LogP contribution >= 0.6 is 0 Å². The lowest BCUT2D eigenvalue weighted by molar-refractivity contribution is 0.0398. The zero-order chi connectivity index (χ0) is 11.9. The van der Waals surface area contributed by atoms with Crippen LogP contribution < -0.4 is 11.1 Å². The Morgan fingerprint density at radius 1 is 1.33 bits per heavy atom. The third kappa shape index (κ3) is 4.49.